The maximum atomic E-state index is 13.4. The molecule has 36 heavy (non-hydrogen) atoms. The first-order chi connectivity index (χ1) is 17.2. The van der Waals surface area contributed by atoms with Gasteiger partial charge in [0.25, 0.3) is 5.91 Å². The van der Waals surface area contributed by atoms with Gasteiger partial charge in [0, 0.05) is 17.0 Å². The van der Waals surface area contributed by atoms with Crippen molar-refractivity contribution in [2.24, 2.45) is 5.73 Å². The Morgan fingerprint density at radius 3 is 2.78 bits per heavy atom. The fourth-order valence-electron chi connectivity index (χ4n) is 4.68. The summed E-state index contributed by atoms with van der Waals surface area (Å²) in [5.41, 5.74) is 8.62. The van der Waals surface area contributed by atoms with Crippen LogP contribution in [0, 0.1) is 0 Å². The summed E-state index contributed by atoms with van der Waals surface area (Å²) < 4.78 is 0. The Morgan fingerprint density at radius 1 is 1.19 bits per heavy atom. The van der Waals surface area contributed by atoms with Crippen LogP contribution in [0.15, 0.2) is 36.7 Å². The van der Waals surface area contributed by atoms with Crippen molar-refractivity contribution in [3.8, 4) is 0 Å². The molecule has 1 aliphatic heterocycles. The van der Waals surface area contributed by atoms with Crippen LogP contribution >= 0.6 is 23.2 Å². The number of imidazole rings is 1. The number of hydrogen-bond acceptors (Lipinski definition) is 7. The van der Waals surface area contributed by atoms with Crippen LogP contribution in [-0.2, 0) is 4.79 Å². The SMILES string of the molecule is CC(=O)C(N)C1CCCN1C(=O)c1cc2ncnc(N[C@@H](C)c3nc4cc(Cl)ccc4[nH]3)c2cc1Cl. The molecule has 186 valence electrons. The van der Waals surface area contributed by atoms with Gasteiger partial charge in [-0.25, -0.2) is 15.0 Å². The molecule has 4 N–H and O–H groups in total. The number of rotatable bonds is 6. The van der Waals surface area contributed by atoms with Crippen LogP contribution in [0.2, 0.25) is 10.0 Å². The van der Waals surface area contributed by atoms with Gasteiger partial charge >= 0.3 is 0 Å². The Hall–Kier alpha value is -3.27. The number of likely N-dealkylation sites (tertiary alicyclic amines) is 1. The number of nitrogens with one attached hydrogen (secondary N) is 2. The minimum absolute atomic E-state index is 0.144. The summed E-state index contributed by atoms with van der Waals surface area (Å²) >= 11 is 12.7. The number of aromatic nitrogens is 4. The minimum Gasteiger partial charge on any atom is -0.360 e. The molecule has 9 nitrogen and oxygen atoms in total. The highest BCUT2D eigenvalue weighted by Gasteiger charge is 2.36. The van der Waals surface area contributed by atoms with Gasteiger partial charge in [-0.15, -0.1) is 0 Å². The lowest BCUT2D eigenvalue weighted by molar-refractivity contribution is -0.119. The van der Waals surface area contributed by atoms with E-state index in [4.69, 9.17) is 28.9 Å². The van der Waals surface area contributed by atoms with Crippen molar-refractivity contribution in [1.82, 2.24) is 24.8 Å². The van der Waals surface area contributed by atoms with Crippen LogP contribution in [0.4, 0.5) is 5.82 Å². The van der Waals surface area contributed by atoms with Crippen molar-refractivity contribution in [1.29, 1.82) is 0 Å². The van der Waals surface area contributed by atoms with Gasteiger partial charge in [-0.3, -0.25) is 9.59 Å². The van der Waals surface area contributed by atoms with E-state index in [1.54, 1.807) is 29.2 Å². The molecule has 0 saturated carbocycles. The Morgan fingerprint density at radius 2 is 2.00 bits per heavy atom. The van der Waals surface area contributed by atoms with Crippen molar-refractivity contribution < 1.29 is 9.59 Å². The number of halogens is 2. The van der Waals surface area contributed by atoms with Crippen molar-refractivity contribution in [2.75, 3.05) is 11.9 Å². The molecule has 1 aliphatic rings. The molecule has 0 radical (unpaired) electrons. The molecule has 0 bridgehead atoms. The average Bonchev–Trinajstić information content (AvgIpc) is 3.50. The second-order valence-corrected chi connectivity index (χ2v) is 9.91. The molecule has 1 saturated heterocycles. The van der Waals surface area contributed by atoms with E-state index in [2.05, 4.69) is 25.3 Å². The van der Waals surface area contributed by atoms with Gasteiger partial charge in [0.15, 0.2) is 0 Å². The lowest BCUT2D eigenvalue weighted by Gasteiger charge is -2.28. The zero-order chi connectivity index (χ0) is 25.6. The number of amides is 1. The largest absolute Gasteiger partial charge is 0.360 e. The fourth-order valence-corrected chi connectivity index (χ4v) is 5.09. The number of hydrogen-bond donors (Lipinski definition) is 3. The number of fused-ring (bicyclic) bond motifs is 2. The van der Waals surface area contributed by atoms with Gasteiger partial charge in [-0.05, 0) is 57.0 Å². The predicted octanol–water partition coefficient (Wildman–Crippen LogP) is 4.51. The molecule has 11 heteroatoms. The molecule has 2 aromatic carbocycles. The lowest BCUT2D eigenvalue weighted by Crippen LogP contribution is -2.50. The monoisotopic (exact) mass is 525 g/mol. The van der Waals surface area contributed by atoms with Crippen molar-refractivity contribution in [3.05, 3.63) is 58.1 Å². The summed E-state index contributed by atoms with van der Waals surface area (Å²) in [7, 11) is 0. The lowest BCUT2D eigenvalue weighted by atomic mass is 10.0. The quantitative estimate of drug-likeness (QED) is 0.337. The number of nitrogens with zero attached hydrogens (tertiary/aromatic N) is 4. The smallest absolute Gasteiger partial charge is 0.255 e. The highest BCUT2D eigenvalue weighted by Crippen LogP contribution is 2.31. The van der Waals surface area contributed by atoms with Crippen molar-refractivity contribution in [2.45, 2.75) is 44.8 Å². The molecule has 3 atom stereocenters. The molecule has 0 aliphatic carbocycles. The number of H-pyrrole nitrogens is 1. The number of carbonyl (C=O) groups is 2. The third-order valence-corrected chi connectivity index (χ3v) is 7.17. The number of anilines is 1. The van der Waals surface area contributed by atoms with E-state index in [-0.39, 0.29) is 28.8 Å². The van der Waals surface area contributed by atoms with Crippen molar-refractivity contribution in [3.63, 3.8) is 0 Å². The van der Waals surface area contributed by atoms with E-state index >= 15 is 0 Å². The van der Waals surface area contributed by atoms with Crippen LogP contribution in [0.1, 0.15) is 48.9 Å². The molecular weight excluding hydrogens is 501 g/mol. The number of benzene rings is 2. The third-order valence-electron chi connectivity index (χ3n) is 6.63. The zero-order valence-corrected chi connectivity index (χ0v) is 21.3. The Balaban J connectivity index is 1.43. The van der Waals surface area contributed by atoms with Crippen LogP contribution in [-0.4, -0.2) is 55.2 Å². The van der Waals surface area contributed by atoms with E-state index < -0.39 is 6.04 Å². The molecule has 4 aromatic rings. The van der Waals surface area contributed by atoms with Crippen LogP contribution in [0.25, 0.3) is 21.9 Å². The Labute approximate surface area is 217 Å². The van der Waals surface area contributed by atoms with Gasteiger partial charge in [0.05, 0.1) is 45.3 Å². The van der Waals surface area contributed by atoms with Gasteiger partial charge in [-0.1, -0.05) is 23.2 Å². The summed E-state index contributed by atoms with van der Waals surface area (Å²) in [4.78, 5) is 43.6. The molecule has 1 amide bonds. The third kappa shape index (κ3) is 4.50. The second kappa shape index (κ2) is 9.65. The summed E-state index contributed by atoms with van der Waals surface area (Å²) in [6, 6.07) is 7.56. The molecule has 1 fully saturated rings. The normalized spacial score (nSPS) is 17.5. The molecule has 3 heterocycles. The number of aromatic amines is 1. The Kier molecular flexibility index (Phi) is 6.55. The highest BCUT2D eigenvalue weighted by atomic mass is 35.5. The van der Waals surface area contributed by atoms with Crippen molar-refractivity contribution >= 4 is 62.6 Å². The molecule has 2 unspecified atom stereocenters. The van der Waals surface area contributed by atoms with Gasteiger partial charge in [0.1, 0.15) is 23.8 Å². The van der Waals surface area contributed by atoms with E-state index in [0.717, 1.165) is 23.3 Å². The number of Topliss-reactive ketones (excluding diaryl/α,β-unsaturated/α-hetero) is 1. The predicted molar refractivity (Wildman–Crippen MR) is 140 cm³/mol. The summed E-state index contributed by atoms with van der Waals surface area (Å²) in [5, 5.41) is 4.92. The summed E-state index contributed by atoms with van der Waals surface area (Å²) in [6.45, 7) is 3.93. The number of carbonyl (C=O) groups excluding carboxylic acids is 2. The second-order valence-electron chi connectivity index (χ2n) is 9.07. The first-order valence-electron chi connectivity index (χ1n) is 11.7. The zero-order valence-electron chi connectivity index (χ0n) is 19.8. The van der Waals surface area contributed by atoms with Gasteiger partial charge in [0.2, 0.25) is 0 Å². The average molecular weight is 526 g/mol. The molecule has 2 aromatic heterocycles. The van der Waals surface area contributed by atoms with Gasteiger partial charge in [-0.2, -0.15) is 0 Å². The standard InChI is InChI=1S/C25H25Cl2N7O2/c1-12(23-32-18-6-5-14(26)8-20(18)33-23)31-24-16-9-17(27)15(10-19(16)29-11-30-24)25(36)34-7-3-4-21(34)22(28)13(2)35/h5-6,8-12,21-22H,3-4,7,28H2,1-2H3,(H,32,33)(H,29,30,31)/t12-,21?,22?/m0/s1. The van der Waals surface area contributed by atoms with Crippen LogP contribution in [0.5, 0.6) is 0 Å². The minimum atomic E-state index is -0.718. The van der Waals surface area contributed by atoms with Crippen LogP contribution in [0.3, 0.4) is 0 Å². The first-order valence-corrected chi connectivity index (χ1v) is 12.4. The molecular formula is C25H25Cl2N7O2. The van der Waals surface area contributed by atoms with E-state index in [1.165, 1.54) is 13.3 Å². The van der Waals surface area contributed by atoms with E-state index in [9.17, 15) is 9.59 Å². The van der Waals surface area contributed by atoms with E-state index in [1.807, 2.05) is 13.0 Å². The summed E-state index contributed by atoms with van der Waals surface area (Å²) in [6.07, 6.45) is 2.90. The molecule has 0 spiro atoms. The fraction of sp³-hybridized carbons (Fsp3) is 0.320. The Bertz CT molecular complexity index is 1490. The topological polar surface area (TPSA) is 130 Å². The maximum absolute atomic E-state index is 13.4. The first kappa shape index (κ1) is 24.4. The van der Waals surface area contributed by atoms with E-state index in [0.29, 0.717) is 40.3 Å². The summed E-state index contributed by atoms with van der Waals surface area (Å²) in [5.74, 6) is 0.876. The molecule has 5 rings (SSSR count). The van der Waals surface area contributed by atoms with Gasteiger partial charge < -0.3 is 20.9 Å². The highest BCUT2D eigenvalue weighted by molar-refractivity contribution is 6.35. The number of ketones is 1. The van der Waals surface area contributed by atoms with Crippen LogP contribution < -0.4 is 11.1 Å². The maximum Gasteiger partial charge on any atom is 0.255 e. The number of nitrogens with two attached hydrogens (primary N) is 1.